The summed E-state index contributed by atoms with van der Waals surface area (Å²) >= 11 is 0. The maximum atomic E-state index is 9.00. The molecule has 0 fully saturated rings. The van der Waals surface area contributed by atoms with E-state index in [9.17, 15) is 0 Å². The van der Waals surface area contributed by atoms with E-state index in [1.54, 1.807) is 0 Å². The van der Waals surface area contributed by atoms with Crippen LogP contribution in [0.25, 0.3) is 0 Å². The molecule has 2 heteroatoms. The van der Waals surface area contributed by atoms with E-state index in [1.165, 1.54) is 12.8 Å². The van der Waals surface area contributed by atoms with Gasteiger partial charge in [0.15, 0.2) is 0 Å². The summed E-state index contributed by atoms with van der Waals surface area (Å²) in [5, 5.41) is 12.5. The highest BCUT2D eigenvalue weighted by Gasteiger charge is 2.01. The molecule has 0 aliphatic rings. The molecule has 0 saturated heterocycles. The van der Waals surface area contributed by atoms with Crippen molar-refractivity contribution in [1.82, 2.24) is 5.32 Å². The van der Waals surface area contributed by atoms with E-state index in [4.69, 9.17) is 5.11 Å². The van der Waals surface area contributed by atoms with Crippen LogP contribution in [-0.2, 0) is 0 Å². The molecule has 2 nitrogen and oxygen atoms in total. The second-order valence-electron chi connectivity index (χ2n) is 3.46. The lowest BCUT2D eigenvalue weighted by atomic mass is 10.1. The monoisotopic (exact) mass is 173 g/mol. The summed E-state index contributed by atoms with van der Waals surface area (Å²) in [6, 6.07) is 0.666. The van der Waals surface area contributed by atoms with Crippen LogP contribution in [0.5, 0.6) is 0 Å². The molecule has 1 atom stereocenters. The van der Waals surface area contributed by atoms with Gasteiger partial charge in [0, 0.05) is 6.04 Å². The number of nitrogens with one attached hydrogen (secondary N) is 1. The summed E-state index contributed by atoms with van der Waals surface area (Å²) in [5.74, 6) is 0. The first-order chi connectivity index (χ1) is 5.70. The average molecular weight is 173 g/mol. The van der Waals surface area contributed by atoms with Crippen LogP contribution in [0, 0.1) is 0 Å². The second-order valence-corrected chi connectivity index (χ2v) is 3.46. The molecule has 74 valence electrons. The molecule has 0 aliphatic carbocycles. The largest absolute Gasteiger partial charge is 0.393 e. The van der Waals surface area contributed by atoms with E-state index in [2.05, 4.69) is 19.2 Å². The first-order valence-electron chi connectivity index (χ1n) is 5.12. The standard InChI is InChI=1S/C10H23NO/c1-4-10(5-2)11-8-6-7-9(3)12/h9-12H,4-8H2,1-3H3. The molecule has 0 bridgehead atoms. The van der Waals surface area contributed by atoms with Gasteiger partial charge in [0.25, 0.3) is 0 Å². The third-order valence-electron chi connectivity index (χ3n) is 2.22. The number of aliphatic hydroxyl groups is 1. The van der Waals surface area contributed by atoms with Gasteiger partial charge in [-0.25, -0.2) is 0 Å². The van der Waals surface area contributed by atoms with E-state index < -0.39 is 0 Å². The Morgan fingerprint density at radius 3 is 2.25 bits per heavy atom. The molecule has 0 saturated carbocycles. The third-order valence-corrected chi connectivity index (χ3v) is 2.22. The van der Waals surface area contributed by atoms with Crippen molar-refractivity contribution in [1.29, 1.82) is 0 Å². The van der Waals surface area contributed by atoms with Crippen LogP contribution in [0.15, 0.2) is 0 Å². The number of rotatable bonds is 7. The summed E-state index contributed by atoms with van der Waals surface area (Å²) in [7, 11) is 0. The zero-order valence-corrected chi connectivity index (χ0v) is 8.64. The summed E-state index contributed by atoms with van der Waals surface area (Å²) in [6.45, 7) is 7.29. The molecule has 0 spiro atoms. The molecule has 1 unspecified atom stereocenters. The minimum absolute atomic E-state index is 0.145. The highest BCUT2D eigenvalue weighted by molar-refractivity contribution is 4.62. The van der Waals surface area contributed by atoms with Gasteiger partial charge in [-0.15, -0.1) is 0 Å². The first kappa shape index (κ1) is 11.9. The van der Waals surface area contributed by atoms with Crippen molar-refractivity contribution >= 4 is 0 Å². The van der Waals surface area contributed by atoms with Crippen molar-refractivity contribution in [3.63, 3.8) is 0 Å². The molecule has 0 aliphatic heterocycles. The van der Waals surface area contributed by atoms with Gasteiger partial charge in [-0.05, 0) is 39.2 Å². The molecule has 0 radical (unpaired) electrons. The van der Waals surface area contributed by atoms with Gasteiger partial charge in [-0.2, -0.15) is 0 Å². The lowest BCUT2D eigenvalue weighted by Crippen LogP contribution is -2.28. The predicted molar refractivity (Wildman–Crippen MR) is 53.3 cm³/mol. The summed E-state index contributed by atoms with van der Waals surface area (Å²) in [4.78, 5) is 0. The quantitative estimate of drug-likeness (QED) is 0.577. The first-order valence-corrected chi connectivity index (χ1v) is 5.12. The Morgan fingerprint density at radius 2 is 1.83 bits per heavy atom. The van der Waals surface area contributed by atoms with Crippen LogP contribution in [0.1, 0.15) is 46.5 Å². The SMILES string of the molecule is CCC(CC)NCCCC(C)O. The van der Waals surface area contributed by atoms with Crippen molar-refractivity contribution < 1.29 is 5.11 Å². The number of aliphatic hydroxyl groups excluding tert-OH is 1. The van der Waals surface area contributed by atoms with Gasteiger partial charge < -0.3 is 10.4 Å². The van der Waals surface area contributed by atoms with E-state index in [0.717, 1.165) is 19.4 Å². The molecule has 0 aromatic heterocycles. The summed E-state index contributed by atoms with van der Waals surface area (Å²) in [5.41, 5.74) is 0. The molecule has 2 N–H and O–H groups in total. The van der Waals surface area contributed by atoms with Crippen molar-refractivity contribution in [2.45, 2.75) is 58.6 Å². The summed E-state index contributed by atoms with van der Waals surface area (Å²) < 4.78 is 0. The zero-order valence-electron chi connectivity index (χ0n) is 8.64. The van der Waals surface area contributed by atoms with Crippen LogP contribution >= 0.6 is 0 Å². The molecule has 0 aromatic carbocycles. The van der Waals surface area contributed by atoms with E-state index >= 15 is 0 Å². The normalized spacial score (nSPS) is 13.8. The maximum absolute atomic E-state index is 9.00. The van der Waals surface area contributed by atoms with Crippen LogP contribution in [0.2, 0.25) is 0 Å². The fourth-order valence-corrected chi connectivity index (χ4v) is 1.28. The minimum atomic E-state index is -0.145. The third kappa shape index (κ3) is 6.62. The second kappa shape index (κ2) is 7.56. The summed E-state index contributed by atoms with van der Waals surface area (Å²) in [6.07, 6.45) is 4.24. The highest BCUT2D eigenvalue weighted by atomic mass is 16.3. The molecule has 0 heterocycles. The highest BCUT2D eigenvalue weighted by Crippen LogP contribution is 1.98. The molecule has 0 amide bonds. The van der Waals surface area contributed by atoms with Crippen molar-refractivity contribution in [3.05, 3.63) is 0 Å². The van der Waals surface area contributed by atoms with Gasteiger partial charge in [0.2, 0.25) is 0 Å². The van der Waals surface area contributed by atoms with Gasteiger partial charge in [-0.3, -0.25) is 0 Å². The van der Waals surface area contributed by atoms with Gasteiger partial charge in [-0.1, -0.05) is 13.8 Å². The Kier molecular flexibility index (Phi) is 7.51. The fourth-order valence-electron chi connectivity index (χ4n) is 1.28. The molecule has 0 rings (SSSR count). The van der Waals surface area contributed by atoms with Gasteiger partial charge in [0.1, 0.15) is 0 Å². The lowest BCUT2D eigenvalue weighted by molar-refractivity contribution is 0.180. The van der Waals surface area contributed by atoms with Crippen molar-refractivity contribution in [2.75, 3.05) is 6.54 Å². The Hall–Kier alpha value is -0.0800. The Balaban J connectivity index is 3.17. The fraction of sp³-hybridized carbons (Fsp3) is 1.00. The smallest absolute Gasteiger partial charge is 0.0512 e. The average Bonchev–Trinajstić information content (AvgIpc) is 2.04. The molecule has 12 heavy (non-hydrogen) atoms. The predicted octanol–water partition coefficient (Wildman–Crippen LogP) is 1.93. The van der Waals surface area contributed by atoms with E-state index in [0.29, 0.717) is 6.04 Å². The van der Waals surface area contributed by atoms with Crippen LogP contribution in [0.4, 0.5) is 0 Å². The van der Waals surface area contributed by atoms with E-state index in [-0.39, 0.29) is 6.10 Å². The lowest BCUT2D eigenvalue weighted by Gasteiger charge is -2.14. The van der Waals surface area contributed by atoms with Gasteiger partial charge >= 0.3 is 0 Å². The van der Waals surface area contributed by atoms with Crippen molar-refractivity contribution in [3.8, 4) is 0 Å². The topological polar surface area (TPSA) is 32.3 Å². The Morgan fingerprint density at radius 1 is 1.25 bits per heavy atom. The minimum Gasteiger partial charge on any atom is -0.393 e. The van der Waals surface area contributed by atoms with E-state index in [1.807, 2.05) is 6.92 Å². The Bertz CT molecular complexity index is 89.8. The van der Waals surface area contributed by atoms with Gasteiger partial charge in [0.05, 0.1) is 6.10 Å². The van der Waals surface area contributed by atoms with Crippen molar-refractivity contribution in [2.24, 2.45) is 0 Å². The van der Waals surface area contributed by atoms with Crippen LogP contribution < -0.4 is 5.32 Å². The van der Waals surface area contributed by atoms with Crippen LogP contribution in [-0.4, -0.2) is 23.8 Å². The molecule has 0 aromatic rings. The number of hydrogen-bond acceptors (Lipinski definition) is 2. The Labute approximate surface area is 76.4 Å². The molecular formula is C10H23NO. The molecular weight excluding hydrogens is 150 g/mol. The number of hydrogen-bond donors (Lipinski definition) is 2. The zero-order chi connectivity index (χ0) is 9.40. The van der Waals surface area contributed by atoms with Crippen LogP contribution in [0.3, 0.4) is 0 Å². The maximum Gasteiger partial charge on any atom is 0.0512 e.